The first-order valence-electron chi connectivity index (χ1n) is 5.19. The second-order valence-corrected chi connectivity index (χ2v) is 4.32. The van der Waals surface area contributed by atoms with E-state index in [9.17, 15) is 4.39 Å². The lowest BCUT2D eigenvalue weighted by atomic mass is 10.0. The lowest BCUT2D eigenvalue weighted by Gasteiger charge is -2.10. The van der Waals surface area contributed by atoms with E-state index in [0.717, 1.165) is 24.8 Å². The van der Waals surface area contributed by atoms with Gasteiger partial charge in [-0.25, -0.2) is 4.39 Å². The zero-order valence-corrected chi connectivity index (χ0v) is 8.52. The molecule has 0 unspecified atom stereocenters. The summed E-state index contributed by atoms with van der Waals surface area (Å²) in [7, 11) is 0. The van der Waals surface area contributed by atoms with E-state index < -0.39 is 0 Å². The van der Waals surface area contributed by atoms with Crippen LogP contribution in [0.2, 0.25) is 0 Å². The van der Waals surface area contributed by atoms with Crippen molar-refractivity contribution in [3.63, 3.8) is 0 Å². The maximum absolute atomic E-state index is 13.4. The third-order valence-corrected chi connectivity index (χ3v) is 2.95. The fourth-order valence-corrected chi connectivity index (χ4v) is 1.70. The van der Waals surface area contributed by atoms with Crippen LogP contribution in [0.5, 0.6) is 0 Å². The van der Waals surface area contributed by atoms with Crippen molar-refractivity contribution in [2.75, 3.05) is 0 Å². The highest BCUT2D eigenvalue weighted by molar-refractivity contribution is 5.28. The summed E-state index contributed by atoms with van der Waals surface area (Å²) in [5, 5.41) is 0. The van der Waals surface area contributed by atoms with Crippen LogP contribution in [0, 0.1) is 5.82 Å². The van der Waals surface area contributed by atoms with Crippen LogP contribution < -0.4 is 5.73 Å². The molecule has 1 aromatic carbocycles. The second kappa shape index (κ2) is 3.35. The van der Waals surface area contributed by atoms with Gasteiger partial charge >= 0.3 is 0 Å². The predicted octanol–water partition coefficient (Wildman–Crippen LogP) is 2.42. The van der Waals surface area contributed by atoms with E-state index in [2.05, 4.69) is 6.92 Å². The number of hydrogen-bond donors (Lipinski definition) is 1. The van der Waals surface area contributed by atoms with Crippen LogP contribution in [0.25, 0.3) is 0 Å². The van der Waals surface area contributed by atoms with Gasteiger partial charge in [0.1, 0.15) is 5.82 Å². The lowest BCUT2D eigenvalue weighted by molar-refractivity contribution is 0.581. The van der Waals surface area contributed by atoms with Gasteiger partial charge < -0.3 is 5.73 Å². The number of aryl methyl sites for hydroxylation is 1. The van der Waals surface area contributed by atoms with Crippen molar-refractivity contribution >= 4 is 0 Å². The molecule has 2 N–H and O–H groups in total. The summed E-state index contributed by atoms with van der Waals surface area (Å²) in [5.41, 5.74) is 7.84. The molecular formula is C12H16FN. The van der Waals surface area contributed by atoms with Crippen molar-refractivity contribution < 1.29 is 4.39 Å². The first-order chi connectivity index (χ1) is 6.63. The van der Waals surface area contributed by atoms with E-state index in [-0.39, 0.29) is 11.4 Å². The van der Waals surface area contributed by atoms with Gasteiger partial charge in [0.25, 0.3) is 0 Å². The topological polar surface area (TPSA) is 26.0 Å². The minimum absolute atomic E-state index is 0.104. The van der Waals surface area contributed by atoms with Crippen LogP contribution in [-0.2, 0) is 12.8 Å². The van der Waals surface area contributed by atoms with E-state index in [1.54, 1.807) is 6.07 Å². The molecule has 1 saturated carbocycles. The average molecular weight is 193 g/mol. The summed E-state index contributed by atoms with van der Waals surface area (Å²) in [4.78, 5) is 0. The molecule has 76 valence electrons. The largest absolute Gasteiger partial charge is 0.325 e. The predicted molar refractivity (Wildman–Crippen MR) is 55.6 cm³/mol. The summed E-state index contributed by atoms with van der Waals surface area (Å²) in [5.74, 6) is -0.112. The van der Waals surface area contributed by atoms with Crippen molar-refractivity contribution in [3.8, 4) is 0 Å². The van der Waals surface area contributed by atoms with Gasteiger partial charge in [-0.15, -0.1) is 0 Å². The molecule has 14 heavy (non-hydrogen) atoms. The molecule has 0 radical (unpaired) electrons. The van der Waals surface area contributed by atoms with Crippen LogP contribution in [0.15, 0.2) is 18.2 Å². The molecule has 0 heterocycles. The lowest BCUT2D eigenvalue weighted by Crippen LogP contribution is -2.25. The van der Waals surface area contributed by atoms with Crippen molar-refractivity contribution in [3.05, 3.63) is 35.1 Å². The van der Waals surface area contributed by atoms with Gasteiger partial charge in [0.05, 0.1) is 0 Å². The van der Waals surface area contributed by atoms with E-state index >= 15 is 0 Å². The number of halogens is 1. The Hall–Kier alpha value is -0.890. The van der Waals surface area contributed by atoms with Gasteiger partial charge in [-0.1, -0.05) is 19.1 Å². The summed E-state index contributed by atoms with van der Waals surface area (Å²) >= 11 is 0. The number of hydrogen-bond acceptors (Lipinski definition) is 1. The summed E-state index contributed by atoms with van der Waals surface area (Å²) in [6.45, 7) is 2.08. The first-order valence-corrected chi connectivity index (χ1v) is 5.19. The summed E-state index contributed by atoms with van der Waals surface area (Å²) < 4.78 is 13.4. The van der Waals surface area contributed by atoms with E-state index in [1.165, 1.54) is 5.56 Å². The minimum Gasteiger partial charge on any atom is -0.325 e. The smallest absolute Gasteiger partial charge is 0.126 e. The van der Waals surface area contributed by atoms with Crippen molar-refractivity contribution in [2.45, 2.75) is 38.1 Å². The SMILES string of the molecule is CCc1ccc(F)c(CC2(N)CC2)c1. The Kier molecular flexibility index (Phi) is 2.31. The first kappa shape index (κ1) is 9.66. The molecule has 1 aromatic rings. The Morgan fingerprint density at radius 3 is 2.71 bits per heavy atom. The fourth-order valence-electron chi connectivity index (χ4n) is 1.70. The number of benzene rings is 1. The maximum atomic E-state index is 13.4. The van der Waals surface area contributed by atoms with Crippen molar-refractivity contribution in [2.24, 2.45) is 5.73 Å². The molecular weight excluding hydrogens is 177 g/mol. The molecule has 1 fully saturated rings. The number of nitrogens with two attached hydrogens (primary N) is 1. The Morgan fingerprint density at radius 1 is 1.43 bits per heavy atom. The van der Waals surface area contributed by atoms with Crippen LogP contribution in [0.4, 0.5) is 4.39 Å². The Morgan fingerprint density at radius 2 is 2.14 bits per heavy atom. The molecule has 0 aromatic heterocycles. The second-order valence-electron chi connectivity index (χ2n) is 4.32. The van der Waals surface area contributed by atoms with Crippen LogP contribution in [-0.4, -0.2) is 5.54 Å². The monoisotopic (exact) mass is 193 g/mol. The Balaban J connectivity index is 2.22. The minimum atomic E-state index is -0.112. The molecule has 0 bridgehead atoms. The fraction of sp³-hybridized carbons (Fsp3) is 0.500. The molecule has 0 atom stereocenters. The molecule has 0 saturated heterocycles. The van der Waals surface area contributed by atoms with Crippen LogP contribution in [0.3, 0.4) is 0 Å². The highest BCUT2D eigenvalue weighted by Crippen LogP contribution is 2.36. The zero-order chi connectivity index (χ0) is 10.2. The third-order valence-electron chi connectivity index (χ3n) is 2.95. The van der Waals surface area contributed by atoms with Crippen molar-refractivity contribution in [1.82, 2.24) is 0 Å². The van der Waals surface area contributed by atoms with Gasteiger partial charge in [0.2, 0.25) is 0 Å². The number of rotatable bonds is 3. The zero-order valence-electron chi connectivity index (χ0n) is 8.52. The normalized spacial score (nSPS) is 18.2. The van der Waals surface area contributed by atoms with Gasteiger partial charge in [0.15, 0.2) is 0 Å². The van der Waals surface area contributed by atoms with Gasteiger partial charge in [-0.2, -0.15) is 0 Å². The van der Waals surface area contributed by atoms with E-state index in [4.69, 9.17) is 5.73 Å². The molecule has 2 rings (SSSR count). The summed E-state index contributed by atoms with van der Waals surface area (Å²) in [6.07, 6.45) is 3.70. The highest BCUT2D eigenvalue weighted by Gasteiger charge is 2.38. The molecule has 2 heteroatoms. The average Bonchev–Trinajstić information content (AvgIpc) is 2.88. The maximum Gasteiger partial charge on any atom is 0.126 e. The molecule has 1 nitrogen and oxygen atoms in total. The Labute approximate surface area is 84.1 Å². The molecule has 0 aliphatic heterocycles. The molecule has 0 spiro atoms. The third kappa shape index (κ3) is 1.95. The molecule has 1 aliphatic rings. The van der Waals surface area contributed by atoms with Crippen molar-refractivity contribution in [1.29, 1.82) is 0 Å². The summed E-state index contributed by atoms with van der Waals surface area (Å²) in [6, 6.07) is 5.34. The van der Waals surface area contributed by atoms with Gasteiger partial charge in [-0.3, -0.25) is 0 Å². The van der Waals surface area contributed by atoms with Gasteiger partial charge in [-0.05, 0) is 42.9 Å². The Bertz CT molecular complexity index is 342. The van der Waals surface area contributed by atoms with Crippen LogP contribution >= 0.6 is 0 Å². The van der Waals surface area contributed by atoms with Crippen LogP contribution in [0.1, 0.15) is 30.9 Å². The standard InChI is InChI=1S/C12H16FN/c1-2-9-3-4-11(13)10(7-9)8-12(14)5-6-12/h3-4,7H,2,5-6,8,14H2,1H3. The molecule has 0 amide bonds. The van der Waals surface area contributed by atoms with E-state index in [0.29, 0.717) is 6.42 Å². The van der Waals surface area contributed by atoms with E-state index in [1.807, 2.05) is 12.1 Å². The highest BCUT2D eigenvalue weighted by atomic mass is 19.1. The molecule has 1 aliphatic carbocycles. The quantitative estimate of drug-likeness (QED) is 0.783. The van der Waals surface area contributed by atoms with Gasteiger partial charge in [0, 0.05) is 5.54 Å².